The molecule has 3 fully saturated rings. The minimum absolute atomic E-state index is 0.00885. The lowest BCUT2D eigenvalue weighted by atomic mass is 9.82. The van der Waals surface area contributed by atoms with Gasteiger partial charge in [0.15, 0.2) is 18.9 Å². The topological polar surface area (TPSA) is 195 Å². The number of cyclic esters (lactones) is 1. The fraction of sp³-hybridized carbons (Fsp3) is 0.860. The zero-order chi connectivity index (χ0) is 43.8. The van der Waals surface area contributed by atoms with Crippen LogP contribution in [0.3, 0.4) is 0 Å². The van der Waals surface area contributed by atoms with Gasteiger partial charge in [-0.3, -0.25) is 4.79 Å². The highest BCUT2D eigenvalue weighted by molar-refractivity contribution is 5.70. The number of hydrogen-bond acceptors (Lipinski definition) is 16. The van der Waals surface area contributed by atoms with Gasteiger partial charge in [0.25, 0.3) is 0 Å². The van der Waals surface area contributed by atoms with Crippen molar-refractivity contribution < 1.29 is 67.9 Å². The molecule has 3 saturated heterocycles. The first-order valence-corrected chi connectivity index (χ1v) is 21.3. The summed E-state index contributed by atoms with van der Waals surface area (Å²) in [6.07, 6.45) is -1.56. The van der Waals surface area contributed by atoms with Crippen molar-refractivity contribution in [2.75, 3.05) is 35.3 Å². The van der Waals surface area contributed by atoms with Crippen LogP contribution in [0, 0.1) is 11.8 Å². The Labute approximate surface area is 351 Å². The molecule has 340 valence electrons. The largest absolute Gasteiger partial charge is 0.462 e. The first kappa shape index (κ1) is 49.8. The van der Waals surface area contributed by atoms with Crippen molar-refractivity contribution in [2.24, 2.45) is 11.8 Å². The maximum Gasteiger partial charge on any atom is 0.308 e. The fourth-order valence-electron chi connectivity index (χ4n) is 9.10. The molecule has 0 saturated carbocycles. The summed E-state index contributed by atoms with van der Waals surface area (Å²) in [5, 5.41) is 45.1. The number of aliphatic hydroxyl groups excluding tert-OH is 3. The third-order valence-electron chi connectivity index (χ3n) is 12.4. The Bertz CT molecular complexity index is 1370. The summed E-state index contributed by atoms with van der Waals surface area (Å²) in [7, 11) is 9.03. The van der Waals surface area contributed by atoms with Crippen LogP contribution in [0.2, 0.25) is 0 Å². The van der Waals surface area contributed by atoms with Crippen molar-refractivity contribution >= 4 is 12.3 Å². The number of nitrogens with zero attached hydrogens (tertiary/aromatic N) is 2. The maximum absolute atomic E-state index is 13.1. The van der Waals surface area contributed by atoms with E-state index in [0.717, 1.165) is 12.7 Å². The Hall–Kier alpha value is -1.90. The number of aliphatic hydroxyl groups is 4. The molecule has 19 atom stereocenters. The number of likely N-dealkylation sites (N-methyl/N-ethyl adjacent to an activating group) is 2. The highest BCUT2D eigenvalue weighted by Crippen LogP contribution is 2.37. The van der Waals surface area contributed by atoms with E-state index in [1.165, 1.54) is 14.0 Å². The molecule has 0 aromatic rings. The normalized spacial score (nSPS) is 44.7. The molecule has 0 radical (unpaired) electrons. The standard InChI is InChI=1S/C43H74N2O14/c1-24-21-29(19-20-46)39(59-42-37(49)36(45(9)10)38(27(4)56-42)58-35-23-43(6,51)41(50)28(5)55-35)40(52-11)31(47)22-33(48)53-25(2)15-13-12-14-16-32(24)57-34-18-17-30(44(7)8)26(3)54-34/h12-14,16,20,24-32,34-42,47,49-51H,15,17-19,21-23H2,1-11H3/t24-,25-,26-,27-,28+,29+,30+,31-,32+,34+,35+,36-,37-,38-,39+,40+,41+,42+,43-/m1/s1. The molecule has 4 N–H and O–H groups in total. The van der Waals surface area contributed by atoms with Crippen LogP contribution in [0.1, 0.15) is 86.5 Å². The minimum Gasteiger partial charge on any atom is -0.462 e. The molecule has 0 spiro atoms. The molecule has 16 heteroatoms. The van der Waals surface area contributed by atoms with Gasteiger partial charge in [-0.15, -0.1) is 0 Å². The summed E-state index contributed by atoms with van der Waals surface area (Å²) in [4.78, 5) is 29.5. The monoisotopic (exact) mass is 843 g/mol. The maximum atomic E-state index is 13.1. The van der Waals surface area contributed by atoms with Crippen LogP contribution in [0.5, 0.6) is 0 Å². The Morgan fingerprint density at radius 1 is 0.864 bits per heavy atom. The second kappa shape index (κ2) is 22.5. The number of ether oxygens (including phenoxy) is 8. The average Bonchev–Trinajstić information content (AvgIpc) is 3.13. The summed E-state index contributed by atoms with van der Waals surface area (Å²) in [6.45, 7) is 10.8. The third-order valence-corrected chi connectivity index (χ3v) is 12.4. The molecule has 0 aromatic carbocycles. The van der Waals surface area contributed by atoms with Crippen molar-refractivity contribution in [1.82, 2.24) is 9.80 Å². The Kier molecular flexibility index (Phi) is 18.9. The van der Waals surface area contributed by atoms with Gasteiger partial charge in [0.1, 0.15) is 36.8 Å². The van der Waals surface area contributed by atoms with Crippen LogP contribution < -0.4 is 0 Å². The van der Waals surface area contributed by atoms with Crippen LogP contribution in [-0.2, 0) is 47.5 Å². The number of hydrogen-bond donors (Lipinski definition) is 4. The molecule has 4 aliphatic rings. The highest BCUT2D eigenvalue weighted by Gasteiger charge is 2.52. The number of rotatable bonds is 11. The van der Waals surface area contributed by atoms with Crippen molar-refractivity contribution in [3.63, 3.8) is 0 Å². The number of carbonyl (C=O) groups excluding carboxylic acids is 2. The lowest BCUT2D eigenvalue weighted by Crippen LogP contribution is -2.65. The van der Waals surface area contributed by atoms with E-state index in [4.69, 9.17) is 37.9 Å². The molecule has 59 heavy (non-hydrogen) atoms. The van der Waals surface area contributed by atoms with Gasteiger partial charge >= 0.3 is 5.97 Å². The molecule has 0 aromatic heterocycles. The van der Waals surface area contributed by atoms with E-state index in [1.807, 2.05) is 52.2 Å². The molecule has 4 heterocycles. The lowest BCUT2D eigenvalue weighted by Gasteiger charge is -2.50. The molecular formula is C43H74N2O14. The van der Waals surface area contributed by atoms with Gasteiger partial charge < -0.3 is 72.9 Å². The summed E-state index contributed by atoms with van der Waals surface area (Å²) in [5.41, 5.74) is -1.47. The van der Waals surface area contributed by atoms with Gasteiger partial charge in [0, 0.05) is 32.4 Å². The molecule has 4 aliphatic heterocycles. The van der Waals surface area contributed by atoms with E-state index in [0.29, 0.717) is 19.3 Å². The number of methoxy groups -OCH3 is 1. The van der Waals surface area contributed by atoms with Crippen molar-refractivity contribution in [1.29, 1.82) is 0 Å². The van der Waals surface area contributed by atoms with Gasteiger partial charge in [0.2, 0.25) is 0 Å². The van der Waals surface area contributed by atoms with E-state index in [9.17, 15) is 30.0 Å². The number of carbonyl (C=O) groups is 2. The van der Waals surface area contributed by atoms with E-state index in [-0.39, 0.29) is 30.9 Å². The Morgan fingerprint density at radius 2 is 1.56 bits per heavy atom. The van der Waals surface area contributed by atoms with Gasteiger partial charge in [-0.1, -0.05) is 31.2 Å². The predicted octanol–water partition coefficient (Wildman–Crippen LogP) is 2.33. The van der Waals surface area contributed by atoms with Crippen LogP contribution >= 0.6 is 0 Å². The first-order chi connectivity index (χ1) is 27.8. The summed E-state index contributed by atoms with van der Waals surface area (Å²) >= 11 is 0. The Morgan fingerprint density at radius 3 is 2.17 bits per heavy atom. The quantitative estimate of drug-likeness (QED) is 0.175. The van der Waals surface area contributed by atoms with E-state index >= 15 is 0 Å². The molecule has 0 aliphatic carbocycles. The van der Waals surface area contributed by atoms with Gasteiger partial charge in [0.05, 0.1) is 54.7 Å². The van der Waals surface area contributed by atoms with Crippen molar-refractivity contribution in [2.45, 2.75) is 190 Å². The van der Waals surface area contributed by atoms with Crippen LogP contribution in [0.25, 0.3) is 0 Å². The van der Waals surface area contributed by atoms with Crippen molar-refractivity contribution in [3.05, 3.63) is 24.3 Å². The smallest absolute Gasteiger partial charge is 0.308 e. The second-order valence-electron chi connectivity index (χ2n) is 17.8. The molecule has 4 rings (SSSR count). The van der Waals surface area contributed by atoms with Crippen molar-refractivity contribution in [3.8, 4) is 0 Å². The molecular weight excluding hydrogens is 768 g/mol. The summed E-state index contributed by atoms with van der Waals surface area (Å²) in [5.74, 6) is -1.47. The number of esters is 1. The summed E-state index contributed by atoms with van der Waals surface area (Å²) in [6, 6.07) is -0.466. The zero-order valence-electron chi connectivity index (χ0n) is 37.0. The van der Waals surface area contributed by atoms with E-state index in [2.05, 4.69) is 4.90 Å². The van der Waals surface area contributed by atoms with Crippen LogP contribution in [-0.4, -0.2) is 181 Å². The fourth-order valence-corrected chi connectivity index (χ4v) is 9.10. The molecule has 0 bridgehead atoms. The highest BCUT2D eigenvalue weighted by atomic mass is 16.7. The van der Waals surface area contributed by atoms with E-state index in [1.54, 1.807) is 39.8 Å². The zero-order valence-corrected chi connectivity index (χ0v) is 37.0. The van der Waals surface area contributed by atoms with Gasteiger partial charge in [-0.05, 0) is 93.9 Å². The van der Waals surface area contributed by atoms with Crippen LogP contribution in [0.4, 0.5) is 0 Å². The summed E-state index contributed by atoms with van der Waals surface area (Å²) < 4.78 is 50.0. The van der Waals surface area contributed by atoms with Crippen LogP contribution in [0.15, 0.2) is 24.3 Å². The number of aldehydes is 1. The Balaban J connectivity index is 1.66. The molecule has 0 unspecified atom stereocenters. The minimum atomic E-state index is -1.47. The predicted molar refractivity (Wildman–Crippen MR) is 217 cm³/mol. The van der Waals surface area contributed by atoms with Gasteiger partial charge in [-0.25, -0.2) is 0 Å². The first-order valence-electron chi connectivity index (χ1n) is 21.3. The second-order valence-corrected chi connectivity index (χ2v) is 17.8. The molecule has 0 amide bonds. The lowest BCUT2D eigenvalue weighted by molar-refractivity contribution is -0.344. The average molecular weight is 843 g/mol. The van der Waals surface area contributed by atoms with E-state index < -0.39 is 110 Å². The SMILES string of the molecule is CO[C@@H]1[C@@H](O[C@@H]2O[C@H](C)[C@@H](O[C@H]3C[C@@](C)(O)[C@@H](O)[C@H](C)O3)[C@H](N(C)C)[C@H]2O)[C@@H](CC=O)C[C@@H](C)[C@@H](O[C@H]2CC[C@H](N(C)C)[C@@H](C)O2)C=CC=CC[C@@H](C)OC(=O)C[C@H]1O. The van der Waals surface area contributed by atoms with Gasteiger partial charge in [-0.2, -0.15) is 0 Å². The molecule has 16 nitrogen and oxygen atoms in total. The number of allylic oxidation sites excluding steroid dienone is 2. The third kappa shape index (κ3) is 13.3.